The SMILES string of the molecule is C=C(O)[C@H](C)NC(C)C1CCC(CN2Cc3ccc(O)c(F)c3C2=O)CC1. The molecule has 0 radical (unpaired) electrons. The van der Waals surface area contributed by atoms with E-state index in [9.17, 15) is 19.4 Å². The zero-order valence-electron chi connectivity index (χ0n) is 16.0. The van der Waals surface area contributed by atoms with E-state index >= 15 is 0 Å². The molecule has 6 heteroatoms. The van der Waals surface area contributed by atoms with Gasteiger partial charge in [-0.05, 0) is 63.0 Å². The number of nitrogens with one attached hydrogen (secondary N) is 1. The number of amides is 1. The van der Waals surface area contributed by atoms with Crippen LogP contribution in [-0.2, 0) is 6.54 Å². The maximum absolute atomic E-state index is 14.1. The summed E-state index contributed by atoms with van der Waals surface area (Å²) in [6, 6.07) is 3.11. The number of phenols is 1. The van der Waals surface area contributed by atoms with Gasteiger partial charge >= 0.3 is 0 Å². The lowest BCUT2D eigenvalue weighted by molar-refractivity contribution is 0.0720. The Morgan fingerprint density at radius 3 is 2.63 bits per heavy atom. The van der Waals surface area contributed by atoms with Crippen LogP contribution in [0.2, 0.25) is 0 Å². The van der Waals surface area contributed by atoms with Crippen molar-refractivity contribution in [3.05, 3.63) is 41.4 Å². The average Bonchev–Trinajstić information content (AvgIpc) is 2.95. The summed E-state index contributed by atoms with van der Waals surface area (Å²) < 4.78 is 14.1. The lowest BCUT2D eigenvalue weighted by Crippen LogP contribution is -2.42. The highest BCUT2D eigenvalue weighted by atomic mass is 19.1. The molecule has 0 aromatic heterocycles. The second-order valence-electron chi connectivity index (χ2n) is 8.07. The molecule has 1 saturated carbocycles. The van der Waals surface area contributed by atoms with Crippen LogP contribution < -0.4 is 5.32 Å². The van der Waals surface area contributed by atoms with E-state index in [0.29, 0.717) is 36.5 Å². The number of aliphatic hydroxyl groups is 1. The third-order valence-corrected chi connectivity index (χ3v) is 6.16. The van der Waals surface area contributed by atoms with Crippen LogP contribution in [0.3, 0.4) is 0 Å². The third-order valence-electron chi connectivity index (χ3n) is 6.16. The van der Waals surface area contributed by atoms with Crippen molar-refractivity contribution < 1.29 is 19.4 Å². The summed E-state index contributed by atoms with van der Waals surface area (Å²) in [6.45, 7) is 8.66. The number of carbonyl (C=O) groups is 1. The van der Waals surface area contributed by atoms with Gasteiger partial charge in [0.2, 0.25) is 0 Å². The predicted molar refractivity (Wildman–Crippen MR) is 102 cm³/mol. The van der Waals surface area contributed by atoms with E-state index in [-0.39, 0.29) is 23.3 Å². The number of nitrogens with zero attached hydrogens (tertiary/aromatic N) is 1. The fourth-order valence-electron chi connectivity index (χ4n) is 4.36. The smallest absolute Gasteiger partial charge is 0.257 e. The fourth-order valence-corrected chi connectivity index (χ4v) is 4.36. The van der Waals surface area contributed by atoms with Gasteiger partial charge in [-0.25, -0.2) is 4.39 Å². The van der Waals surface area contributed by atoms with Gasteiger partial charge in [-0.15, -0.1) is 0 Å². The van der Waals surface area contributed by atoms with Crippen molar-refractivity contribution in [2.75, 3.05) is 6.54 Å². The molecule has 0 saturated heterocycles. The minimum Gasteiger partial charge on any atom is -0.511 e. The molecule has 1 heterocycles. The van der Waals surface area contributed by atoms with E-state index in [4.69, 9.17) is 0 Å². The molecule has 27 heavy (non-hydrogen) atoms. The average molecular weight is 376 g/mol. The van der Waals surface area contributed by atoms with E-state index in [2.05, 4.69) is 18.8 Å². The quantitative estimate of drug-likeness (QED) is 0.662. The monoisotopic (exact) mass is 376 g/mol. The van der Waals surface area contributed by atoms with Gasteiger partial charge in [0.1, 0.15) is 5.76 Å². The largest absolute Gasteiger partial charge is 0.511 e. The van der Waals surface area contributed by atoms with Crippen molar-refractivity contribution in [3.63, 3.8) is 0 Å². The normalized spacial score (nSPS) is 24.6. The summed E-state index contributed by atoms with van der Waals surface area (Å²) in [4.78, 5) is 14.2. The van der Waals surface area contributed by atoms with Crippen LogP contribution in [0.1, 0.15) is 55.5 Å². The Labute approximate surface area is 159 Å². The van der Waals surface area contributed by atoms with Gasteiger partial charge in [-0.1, -0.05) is 12.6 Å². The second-order valence-corrected chi connectivity index (χ2v) is 8.07. The first-order valence-electron chi connectivity index (χ1n) is 9.71. The van der Waals surface area contributed by atoms with E-state index in [1.54, 1.807) is 11.0 Å². The fraction of sp³-hybridized carbons (Fsp3) is 0.571. The van der Waals surface area contributed by atoms with E-state index < -0.39 is 11.6 Å². The summed E-state index contributed by atoms with van der Waals surface area (Å²) >= 11 is 0. The minimum atomic E-state index is -0.803. The zero-order valence-corrected chi connectivity index (χ0v) is 16.0. The molecule has 1 aliphatic heterocycles. The zero-order chi connectivity index (χ0) is 19.7. The Morgan fingerprint density at radius 1 is 1.33 bits per heavy atom. The summed E-state index contributed by atoms with van der Waals surface area (Å²) in [5, 5.41) is 22.4. The van der Waals surface area contributed by atoms with Gasteiger partial charge in [0.15, 0.2) is 11.6 Å². The lowest BCUT2D eigenvalue weighted by Gasteiger charge is -2.35. The van der Waals surface area contributed by atoms with E-state index in [1.165, 1.54) is 6.07 Å². The Hall–Kier alpha value is -2.08. The summed E-state index contributed by atoms with van der Waals surface area (Å²) in [5.74, 6) is -0.488. The van der Waals surface area contributed by atoms with Crippen LogP contribution in [0, 0.1) is 17.7 Å². The number of aromatic hydroxyl groups is 1. The molecule has 0 bridgehead atoms. The molecule has 1 aromatic carbocycles. The number of fused-ring (bicyclic) bond motifs is 1. The molecule has 3 N–H and O–H groups in total. The third kappa shape index (κ3) is 4.10. The molecule has 2 atom stereocenters. The first kappa shape index (κ1) is 19.7. The van der Waals surface area contributed by atoms with Crippen LogP contribution in [0.25, 0.3) is 0 Å². The number of halogens is 1. The second kappa shape index (κ2) is 7.89. The molecule has 1 fully saturated rings. The van der Waals surface area contributed by atoms with Gasteiger partial charge in [-0.2, -0.15) is 0 Å². The number of hydrogen-bond donors (Lipinski definition) is 3. The Kier molecular flexibility index (Phi) is 5.75. The van der Waals surface area contributed by atoms with E-state index in [1.807, 2.05) is 6.92 Å². The maximum atomic E-state index is 14.1. The standard InChI is InChI=1S/C21H29FN2O3/c1-12(14(3)25)23-13(2)16-6-4-15(5-7-16)10-24-11-17-8-9-18(26)20(22)19(17)21(24)27/h8-9,12-13,15-16,23,25-26H,3-7,10-11H2,1-2H3/t12-,13?,15?,16?/m0/s1. The number of benzene rings is 1. The predicted octanol–water partition coefficient (Wildman–Crippen LogP) is 3.73. The van der Waals surface area contributed by atoms with Gasteiger partial charge in [-0.3, -0.25) is 4.79 Å². The van der Waals surface area contributed by atoms with Gasteiger partial charge < -0.3 is 20.4 Å². The highest BCUT2D eigenvalue weighted by Crippen LogP contribution is 2.35. The van der Waals surface area contributed by atoms with Crippen LogP contribution >= 0.6 is 0 Å². The Morgan fingerprint density at radius 2 is 2.00 bits per heavy atom. The molecule has 148 valence electrons. The van der Waals surface area contributed by atoms with Crippen LogP contribution in [-0.4, -0.2) is 39.6 Å². The molecule has 3 rings (SSSR count). The van der Waals surface area contributed by atoms with Crippen molar-refractivity contribution in [1.29, 1.82) is 0 Å². The van der Waals surface area contributed by atoms with Crippen molar-refractivity contribution in [2.24, 2.45) is 11.8 Å². The molecule has 2 aliphatic rings. The molecular weight excluding hydrogens is 347 g/mol. The molecule has 1 amide bonds. The van der Waals surface area contributed by atoms with E-state index in [0.717, 1.165) is 25.7 Å². The first-order chi connectivity index (χ1) is 12.8. The number of rotatable bonds is 6. The Bertz CT molecular complexity index is 728. The number of hydrogen-bond acceptors (Lipinski definition) is 4. The summed E-state index contributed by atoms with van der Waals surface area (Å²) in [5.41, 5.74) is 0.680. The van der Waals surface area contributed by atoms with Crippen molar-refractivity contribution >= 4 is 5.91 Å². The Balaban J connectivity index is 1.52. The molecule has 0 spiro atoms. The van der Waals surface area contributed by atoms with Crippen molar-refractivity contribution in [2.45, 2.75) is 58.2 Å². The lowest BCUT2D eigenvalue weighted by atomic mass is 9.78. The minimum absolute atomic E-state index is 0.0275. The molecule has 5 nitrogen and oxygen atoms in total. The van der Waals surface area contributed by atoms with Crippen molar-refractivity contribution in [3.8, 4) is 5.75 Å². The number of phenolic OH excluding ortho intramolecular Hbond substituents is 1. The topological polar surface area (TPSA) is 72.8 Å². The highest BCUT2D eigenvalue weighted by Gasteiger charge is 2.34. The van der Waals surface area contributed by atoms with Gasteiger partial charge in [0.05, 0.1) is 11.6 Å². The molecule has 1 aromatic rings. The van der Waals surface area contributed by atoms with Crippen LogP contribution in [0.4, 0.5) is 4.39 Å². The maximum Gasteiger partial charge on any atom is 0.257 e. The summed E-state index contributed by atoms with van der Waals surface area (Å²) in [6.07, 6.45) is 4.18. The van der Waals surface area contributed by atoms with Gasteiger partial charge in [0.25, 0.3) is 5.91 Å². The summed E-state index contributed by atoms with van der Waals surface area (Å²) in [7, 11) is 0. The van der Waals surface area contributed by atoms with Crippen LogP contribution in [0.5, 0.6) is 5.75 Å². The van der Waals surface area contributed by atoms with Crippen molar-refractivity contribution in [1.82, 2.24) is 10.2 Å². The van der Waals surface area contributed by atoms with Crippen LogP contribution in [0.15, 0.2) is 24.5 Å². The molecule has 1 aliphatic carbocycles. The number of carbonyl (C=O) groups excluding carboxylic acids is 1. The molecular formula is C21H29FN2O3. The number of aliphatic hydroxyl groups excluding tert-OH is 1. The van der Waals surface area contributed by atoms with Gasteiger partial charge in [0, 0.05) is 19.1 Å². The first-order valence-corrected chi connectivity index (χ1v) is 9.71. The highest BCUT2D eigenvalue weighted by molar-refractivity contribution is 5.99. The molecule has 1 unspecified atom stereocenters.